The zero-order valence-electron chi connectivity index (χ0n) is 10.5. The van der Waals surface area contributed by atoms with Crippen LogP contribution in [0.3, 0.4) is 0 Å². The molecule has 0 aliphatic heterocycles. The Bertz CT molecular complexity index is 222. The highest BCUT2D eigenvalue weighted by Crippen LogP contribution is 2.28. The second-order valence-corrected chi connectivity index (χ2v) is 6.32. The van der Waals surface area contributed by atoms with Crippen LogP contribution in [0, 0.1) is 11.3 Å². The first-order chi connectivity index (χ1) is 7.53. The first kappa shape index (κ1) is 14.0. The highest BCUT2D eigenvalue weighted by Gasteiger charge is 2.19. The van der Waals surface area contributed by atoms with E-state index in [4.69, 9.17) is 0 Å². The summed E-state index contributed by atoms with van der Waals surface area (Å²) in [6, 6.07) is 0. The van der Waals surface area contributed by atoms with Crippen LogP contribution >= 0.6 is 15.9 Å². The van der Waals surface area contributed by atoms with Crippen LogP contribution in [0.2, 0.25) is 0 Å². The number of hydrogen-bond donors (Lipinski definition) is 1. The molecule has 0 spiro atoms. The molecule has 1 rings (SSSR count). The number of rotatable bonds is 6. The van der Waals surface area contributed by atoms with Crippen LogP contribution in [0.15, 0.2) is 0 Å². The minimum absolute atomic E-state index is 0.156. The van der Waals surface area contributed by atoms with Crippen LogP contribution < -0.4 is 5.32 Å². The molecule has 1 saturated carbocycles. The monoisotopic (exact) mass is 289 g/mol. The van der Waals surface area contributed by atoms with Gasteiger partial charge in [-0.1, -0.05) is 55.5 Å². The van der Waals surface area contributed by atoms with Crippen LogP contribution in [-0.4, -0.2) is 17.8 Å². The standard InChI is InChI=1S/C13H24BrNO/c1-13(2,9-14)10-15-12(16)8-7-11-5-3-4-6-11/h11H,3-10H2,1-2H3,(H,15,16). The van der Waals surface area contributed by atoms with Gasteiger partial charge in [-0.05, 0) is 17.8 Å². The number of nitrogens with one attached hydrogen (secondary N) is 1. The lowest BCUT2D eigenvalue weighted by molar-refractivity contribution is -0.121. The molecule has 0 aromatic rings. The van der Waals surface area contributed by atoms with Gasteiger partial charge in [-0.25, -0.2) is 0 Å². The number of carbonyl (C=O) groups excluding carboxylic acids is 1. The van der Waals surface area contributed by atoms with Gasteiger partial charge in [0.2, 0.25) is 5.91 Å². The molecule has 0 aromatic heterocycles. The molecular formula is C13H24BrNO. The molecule has 3 heteroatoms. The molecule has 1 amide bonds. The van der Waals surface area contributed by atoms with Crippen molar-refractivity contribution in [3.05, 3.63) is 0 Å². The average molecular weight is 290 g/mol. The molecule has 0 atom stereocenters. The number of amides is 1. The highest BCUT2D eigenvalue weighted by molar-refractivity contribution is 9.09. The maximum absolute atomic E-state index is 11.6. The third-order valence-electron chi connectivity index (χ3n) is 3.38. The summed E-state index contributed by atoms with van der Waals surface area (Å²) in [5, 5.41) is 3.95. The van der Waals surface area contributed by atoms with Gasteiger partial charge in [-0.15, -0.1) is 0 Å². The molecule has 0 radical (unpaired) electrons. The summed E-state index contributed by atoms with van der Waals surface area (Å²) < 4.78 is 0. The zero-order chi connectivity index (χ0) is 12.0. The van der Waals surface area contributed by atoms with E-state index in [1.54, 1.807) is 0 Å². The normalized spacial score (nSPS) is 17.7. The van der Waals surface area contributed by atoms with Crippen molar-refractivity contribution >= 4 is 21.8 Å². The Morgan fingerprint density at radius 3 is 2.56 bits per heavy atom. The van der Waals surface area contributed by atoms with Gasteiger partial charge < -0.3 is 5.32 Å². The quantitative estimate of drug-likeness (QED) is 0.745. The summed E-state index contributed by atoms with van der Waals surface area (Å²) >= 11 is 3.46. The predicted molar refractivity (Wildman–Crippen MR) is 71.8 cm³/mol. The Morgan fingerprint density at radius 1 is 1.38 bits per heavy atom. The van der Waals surface area contributed by atoms with Crippen LogP contribution in [0.4, 0.5) is 0 Å². The minimum Gasteiger partial charge on any atom is -0.356 e. The molecule has 16 heavy (non-hydrogen) atoms. The van der Waals surface area contributed by atoms with Crippen molar-refractivity contribution in [3.8, 4) is 0 Å². The average Bonchev–Trinajstić information content (AvgIpc) is 2.76. The Morgan fingerprint density at radius 2 is 2.00 bits per heavy atom. The molecular weight excluding hydrogens is 266 g/mol. The first-order valence-corrected chi connectivity index (χ1v) is 7.48. The van der Waals surface area contributed by atoms with E-state index < -0.39 is 0 Å². The van der Waals surface area contributed by atoms with E-state index >= 15 is 0 Å². The van der Waals surface area contributed by atoms with Gasteiger partial charge in [-0.3, -0.25) is 4.79 Å². The predicted octanol–water partition coefficient (Wildman–Crippen LogP) is 3.49. The molecule has 0 saturated heterocycles. The number of hydrogen-bond acceptors (Lipinski definition) is 1. The molecule has 0 heterocycles. The smallest absolute Gasteiger partial charge is 0.220 e. The molecule has 94 valence electrons. The fourth-order valence-electron chi connectivity index (χ4n) is 2.11. The van der Waals surface area contributed by atoms with Crippen molar-refractivity contribution in [1.82, 2.24) is 5.32 Å². The second-order valence-electron chi connectivity index (χ2n) is 5.76. The Balaban J connectivity index is 2.10. The topological polar surface area (TPSA) is 29.1 Å². The van der Waals surface area contributed by atoms with Crippen molar-refractivity contribution in [1.29, 1.82) is 0 Å². The van der Waals surface area contributed by atoms with Crippen LogP contribution in [0.1, 0.15) is 52.4 Å². The van der Waals surface area contributed by atoms with Gasteiger partial charge in [0.25, 0.3) is 0 Å². The maximum atomic E-state index is 11.6. The zero-order valence-corrected chi connectivity index (χ0v) is 12.1. The lowest BCUT2D eigenvalue weighted by Crippen LogP contribution is -2.34. The lowest BCUT2D eigenvalue weighted by atomic mass is 9.96. The third-order valence-corrected chi connectivity index (χ3v) is 4.90. The second kappa shape index (κ2) is 6.63. The Hall–Kier alpha value is -0.0500. The van der Waals surface area contributed by atoms with Crippen molar-refractivity contribution in [2.45, 2.75) is 52.4 Å². The van der Waals surface area contributed by atoms with Gasteiger partial charge >= 0.3 is 0 Å². The Labute approximate surface area is 108 Å². The molecule has 0 bridgehead atoms. The van der Waals surface area contributed by atoms with E-state index in [0.29, 0.717) is 6.42 Å². The van der Waals surface area contributed by atoms with E-state index in [0.717, 1.165) is 24.2 Å². The van der Waals surface area contributed by atoms with E-state index in [-0.39, 0.29) is 11.3 Å². The maximum Gasteiger partial charge on any atom is 0.220 e. The van der Waals surface area contributed by atoms with Crippen molar-refractivity contribution < 1.29 is 4.79 Å². The molecule has 0 aromatic carbocycles. The summed E-state index contributed by atoms with van der Waals surface area (Å²) in [6.07, 6.45) is 7.19. The van der Waals surface area contributed by atoms with Crippen LogP contribution in [0.5, 0.6) is 0 Å². The fourth-order valence-corrected chi connectivity index (χ4v) is 2.31. The van der Waals surface area contributed by atoms with Crippen molar-refractivity contribution in [2.75, 3.05) is 11.9 Å². The lowest BCUT2D eigenvalue weighted by Gasteiger charge is -2.22. The van der Waals surface area contributed by atoms with Crippen molar-refractivity contribution in [3.63, 3.8) is 0 Å². The van der Waals surface area contributed by atoms with Crippen LogP contribution in [0.25, 0.3) is 0 Å². The van der Waals surface area contributed by atoms with E-state index in [9.17, 15) is 4.79 Å². The van der Waals surface area contributed by atoms with E-state index in [1.807, 2.05) is 0 Å². The van der Waals surface area contributed by atoms with Crippen molar-refractivity contribution in [2.24, 2.45) is 11.3 Å². The summed E-state index contributed by atoms with van der Waals surface area (Å²) in [4.78, 5) is 11.6. The van der Waals surface area contributed by atoms with Gasteiger partial charge in [0.05, 0.1) is 0 Å². The SMILES string of the molecule is CC(C)(CBr)CNC(=O)CCC1CCCC1. The molecule has 1 aliphatic rings. The minimum atomic E-state index is 0.156. The fraction of sp³-hybridized carbons (Fsp3) is 0.923. The largest absolute Gasteiger partial charge is 0.356 e. The highest BCUT2D eigenvalue weighted by atomic mass is 79.9. The van der Waals surface area contributed by atoms with Gasteiger partial charge in [0, 0.05) is 18.3 Å². The van der Waals surface area contributed by atoms with Gasteiger partial charge in [-0.2, -0.15) is 0 Å². The van der Waals surface area contributed by atoms with E-state index in [1.165, 1.54) is 25.7 Å². The first-order valence-electron chi connectivity index (χ1n) is 6.36. The molecule has 1 aliphatic carbocycles. The summed E-state index contributed by atoms with van der Waals surface area (Å²) in [5.41, 5.74) is 0.156. The number of halogens is 1. The molecule has 2 nitrogen and oxygen atoms in total. The van der Waals surface area contributed by atoms with Gasteiger partial charge in [0.1, 0.15) is 0 Å². The summed E-state index contributed by atoms with van der Waals surface area (Å²) in [6.45, 7) is 5.07. The van der Waals surface area contributed by atoms with Crippen LogP contribution in [-0.2, 0) is 4.79 Å². The molecule has 0 unspecified atom stereocenters. The number of carbonyl (C=O) groups is 1. The summed E-state index contributed by atoms with van der Waals surface area (Å²) in [7, 11) is 0. The molecule has 1 fully saturated rings. The Kier molecular flexibility index (Phi) is 5.81. The van der Waals surface area contributed by atoms with Gasteiger partial charge in [0.15, 0.2) is 0 Å². The van der Waals surface area contributed by atoms with E-state index in [2.05, 4.69) is 35.1 Å². The number of alkyl halides is 1. The summed E-state index contributed by atoms with van der Waals surface area (Å²) in [5.74, 6) is 1.04. The molecule has 1 N–H and O–H groups in total. The third kappa shape index (κ3) is 5.33.